The van der Waals surface area contributed by atoms with Crippen LogP contribution in [0.25, 0.3) is 0 Å². The summed E-state index contributed by atoms with van der Waals surface area (Å²) in [4.78, 5) is 27.0. The molecule has 0 unspecified atom stereocenters. The van der Waals surface area contributed by atoms with Gasteiger partial charge in [0.05, 0.1) is 6.54 Å². The van der Waals surface area contributed by atoms with Crippen LogP contribution in [0, 0.1) is 0 Å². The minimum atomic E-state index is -5.08. The fourth-order valence-electron chi connectivity index (χ4n) is 0.559. The molecule has 0 aromatic rings. The van der Waals surface area contributed by atoms with E-state index in [0.29, 0.717) is 6.54 Å². The predicted molar refractivity (Wildman–Crippen MR) is 52.8 cm³/mol. The number of nitrogens with two attached hydrogens (primary N) is 1. The van der Waals surface area contributed by atoms with Gasteiger partial charge in [-0.05, 0) is 6.08 Å². The Morgan fingerprint density at radius 1 is 1.41 bits per heavy atom. The highest BCUT2D eigenvalue weighted by Gasteiger charge is 2.38. The Hall–Kier alpha value is -2.19. The van der Waals surface area contributed by atoms with Gasteiger partial charge in [-0.1, -0.05) is 0 Å². The number of hydrogen-bond donors (Lipinski definition) is 2. The molecular weight excluding hydrogens is 243 g/mol. The van der Waals surface area contributed by atoms with Gasteiger partial charge in [0.1, 0.15) is 5.70 Å². The molecule has 0 saturated heterocycles. The number of amides is 1. The number of carbonyl (C=O) groups is 2. The molecule has 0 bridgehead atoms. The van der Waals surface area contributed by atoms with Crippen molar-refractivity contribution in [2.75, 3.05) is 6.54 Å². The normalized spacial score (nSPS) is 14.2. The van der Waals surface area contributed by atoms with E-state index in [1.165, 1.54) is 12.3 Å². The number of nitrogens with zero attached hydrogens (tertiary/aromatic N) is 2. The van der Waals surface area contributed by atoms with Crippen LogP contribution in [0.4, 0.5) is 13.2 Å². The second-order valence-electron chi connectivity index (χ2n) is 2.54. The first-order valence-corrected chi connectivity index (χ1v) is 4.07. The number of carboxylic acids is 1. The number of halogens is 3. The summed E-state index contributed by atoms with van der Waals surface area (Å²) < 4.78 is 31.7. The third kappa shape index (κ3) is 6.82. The molecule has 0 fully saturated rings. The van der Waals surface area contributed by atoms with Crippen molar-refractivity contribution < 1.29 is 27.9 Å². The molecule has 0 aromatic carbocycles. The van der Waals surface area contributed by atoms with Crippen molar-refractivity contribution in [1.29, 1.82) is 0 Å². The van der Waals surface area contributed by atoms with Crippen LogP contribution >= 0.6 is 0 Å². The van der Waals surface area contributed by atoms with Crippen LogP contribution in [0.3, 0.4) is 0 Å². The molecule has 0 aliphatic carbocycles. The van der Waals surface area contributed by atoms with Crippen LogP contribution in [0.2, 0.25) is 0 Å². The number of primary amides is 1. The Morgan fingerprint density at radius 3 is 2.35 bits per heavy atom. The molecule has 1 amide bonds. The van der Waals surface area contributed by atoms with E-state index < -0.39 is 18.1 Å². The van der Waals surface area contributed by atoms with Gasteiger partial charge >= 0.3 is 12.1 Å². The van der Waals surface area contributed by atoms with Crippen molar-refractivity contribution in [2.24, 2.45) is 15.7 Å². The molecule has 0 atom stereocenters. The van der Waals surface area contributed by atoms with E-state index in [9.17, 15) is 18.0 Å². The van der Waals surface area contributed by atoms with E-state index in [0.717, 1.165) is 0 Å². The summed E-state index contributed by atoms with van der Waals surface area (Å²) in [6.45, 7) is 0.507. The van der Waals surface area contributed by atoms with Gasteiger partial charge in [0.15, 0.2) is 0 Å². The highest BCUT2D eigenvalue weighted by molar-refractivity contribution is 5.98. The lowest BCUT2D eigenvalue weighted by Gasteiger charge is -1.93. The lowest BCUT2D eigenvalue weighted by Crippen LogP contribution is -2.21. The molecule has 0 saturated carbocycles. The Bertz CT molecular complexity index is 385. The van der Waals surface area contributed by atoms with Crippen molar-refractivity contribution in [2.45, 2.75) is 6.18 Å². The monoisotopic (exact) mass is 251 g/mol. The second-order valence-corrected chi connectivity index (χ2v) is 2.54. The first kappa shape index (κ1) is 14.8. The van der Waals surface area contributed by atoms with Gasteiger partial charge in [-0.15, -0.1) is 0 Å². The SMILES string of the molecule is NC(=O)C1=CC=NCC=N1.O=C(O)C(F)(F)F. The van der Waals surface area contributed by atoms with E-state index in [2.05, 4.69) is 9.98 Å². The Labute approximate surface area is 93.3 Å². The summed E-state index contributed by atoms with van der Waals surface area (Å²) in [6.07, 6.45) is -0.529. The Kier molecular flexibility index (Phi) is 5.58. The fourth-order valence-corrected chi connectivity index (χ4v) is 0.559. The number of allylic oxidation sites excluding steroid dienone is 1. The van der Waals surface area contributed by atoms with Gasteiger partial charge in [-0.2, -0.15) is 13.2 Å². The predicted octanol–water partition coefficient (Wildman–Crippen LogP) is 0.144. The highest BCUT2D eigenvalue weighted by Crippen LogP contribution is 2.13. The number of aliphatic carboxylic acids is 1. The average molecular weight is 251 g/mol. The van der Waals surface area contributed by atoms with Gasteiger partial charge in [0, 0.05) is 12.4 Å². The molecule has 1 aliphatic heterocycles. The Balaban J connectivity index is 0.000000325. The third-order valence-electron chi connectivity index (χ3n) is 1.25. The van der Waals surface area contributed by atoms with E-state index in [1.807, 2.05) is 0 Å². The lowest BCUT2D eigenvalue weighted by atomic mass is 10.4. The zero-order valence-corrected chi connectivity index (χ0v) is 8.31. The zero-order valence-electron chi connectivity index (χ0n) is 8.31. The van der Waals surface area contributed by atoms with Crippen molar-refractivity contribution >= 4 is 24.3 Å². The molecule has 0 radical (unpaired) electrons. The number of rotatable bonds is 1. The van der Waals surface area contributed by atoms with Gasteiger partial charge in [-0.25, -0.2) is 4.79 Å². The topological polar surface area (TPSA) is 105 Å². The molecule has 9 heteroatoms. The van der Waals surface area contributed by atoms with Crippen LogP contribution in [0.5, 0.6) is 0 Å². The highest BCUT2D eigenvalue weighted by atomic mass is 19.4. The maximum atomic E-state index is 10.6. The molecule has 3 N–H and O–H groups in total. The van der Waals surface area contributed by atoms with E-state index in [1.54, 1.807) is 6.21 Å². The van der Waals surface area contributed by atoms with E-state index in [-0.39, 0.29) is 5.70 Å². The number of hydrogen-bond acceptors (Lipinski definition) is 4. The molecule has 0 spiro atoms. The summed E-state index contributed by atoms with van der Waals surface area (Å²) in [6, 6.07) is 0. The molecule has 1 aliphatic rings. The molecule has 17 heavy (non-hydrogen) atoms. The summed E-state index contributed by atoms with van der Waals surface area (Å²) in [7, 11) is 0. The van der Waals surface area contributed by atoms with Crippen LogP contribution in [-0.4, -0.2) is 42.1 Å². The maximum absolute atomic E-state index is 10.6. The molecule has 94 valence electrons. The standard InChI is InChI=1S/C6H7N3O.C2HF3O2/c7-6(10)5-1-2-8-3-4-9-5;3-2(4,5)1(6)7/h1-2,4H,3H2,(H2,7,10);(H,6,7). The Morgan fingerprint density at radius 2 is 1.94 bits per heavy atom. The first-order valence-electron chi connectivity index (χ1n) is 4.07. The zero-order chi connectivity index (χ0) is 13.5. The van der Waals surface area contributed by atoms with Crippen LogP contribution in [-0.2, 0) is 9.59 Å². The molecular formula is C8H8F3N3O3. The number of carbonyl (C=O) groups excluding carboxylic acids is 1. The second kappa shape index (κ2) is 6.40. The quantitative estimate of drug-likeness (QED) is 0.692. The summed E-state index contributed by atoms with van der Waals surface area (Å²) in [5, 5.41) is 7.12. The number of alkyl halides is 3. The maximum Gasteiger partial charge on any atom is 0.490 e. The van der Waals surface area contributed by atoms with Crippen LogP contribution in [0.15, 0.2) is 21.8 Å². The molecule has 6 nitrogen and oxygen atoms in total. The lowest BCUT2D eigenvalue weighted by molar-refractivity contribution is -0.192. The van der Waals surface area contributed by atoms with Crippen molar-refractivity contribution in [3.05, 3.63) is 11.8 Å². The first-order chi connectivity index (χ1) is 7.75. The molecule has 1 rings (SSSR count). The minimum absolute atomic E-state index is 0.251. The van der Waals surface area contributed by atoms with Gasteiger partial charge in [-0.3, -0.25) is 14.8 Å². The average Bonchev–Trinajstić information content (AvgIpc) is 2.44. The summed E-state index contributed by atoms with van der Waals surface area (Å²) in [5.41, 5.74) is 5.21. The molecule has 1 heterocycles. The van der Waals surface area contributed by atoms with Crippen LogP contribution in [0.1, 0.15) is 0 Å². The van der Waals surface area contributed by atoms with Crippen molar-refractivity contribution in [1.82, 2.24) is 0 Å². The summed E-state index contributed by atoms with van der Waals surface area (Å²) >= 11 is 0. The van der Waals surface area contributed by atoms with Crippen LogP contribution < -0.4 is 5.73 Å². The van der Waals surface area contributed by atoms with E-state index >= 15 is 0 Å². The van der Waals surface area contributed by atoms with E-state index in [4.69, 9.17) is 15.6 Å². The smallest absolute Gasteiger partial charge is 0.475 e. The summed E-state index contributed by atoms with van der Waals surface area (Å²) in [5.74, 6) is -3.28. The minimum Gasteiger partial charge on any atom is -0.475 e. The van der Waals surface area contributed by atoms with Crippen molar-refractivity contribution in [3.63, 3.8) is 0 Å². The van der Waals surface area contributed by atoms with Gasteiger partial charge < -0.3 is 10.8 Å². The van der Waals surface area contributed by atoms with Gasteiger partial charge in [0.25, 0.3) is 5.91 Å². The largest absolute Gasteiger partial charge is 0.490 e. The number of carboxylic acid groups (broad SMARTS) is 1. The third-order valence-corrected chi connectivity index (χ3v) is 1.25. The fraction of sp³-hybridized carbons (Fsp3) is 0.250. The van der Waals surface area contributed by atoms with Gasteiger partial charge in [0.2, 0.25) is 0 Å². The van der Waals surface area contributed by atoms with Crippen molar-refractivity contribution in [3.8, 4) is 0 Å². The number of aliphatic imine (C=N–C) groups is 2. The molecule has 0 aromatic heterocycles.